The predicted octanol–water partition coefficient (Wildman–Crippen LogP) is 3.52. The van der Waals surface area contributed by atoms with Crippen LogP contribution in [-0.2, 0) is 19.4 Å². The van der Waals surface area contributed by atoms with Crippen molar-refractivity contribution in [3.8, 4) is 0 Å². The third-order valence-electron chi connectivity index (χ3n) is 3.35. The zero-order valence-electron chi connectivity index (χ0n) is 9.13. The highest BCUT2D eigenvalue weighted by atomic mass is 35.5. The Morgan fingerprint density at radius 3 is 2.82 bits per heavy atom. The van der Waals surface area contributed by atoms with Crippen LogP contribution in [0.1, 0.15) is 23.2 Å². The van der Waals surface area contributed by atoms with E-state index in [1.807, 2.05) is 6.07 Å². The van der Waals surface area contributed by atoms with Crippen molar-refractivity contribution in [3.05, 3.63) is 39.0 Å². The van der Waals surface area contributed by atoms with Crippen LogP contribution in [0.15, 0.2) is 12.1 Å². The lowest BCUT2D eigenvalue weighted by Gasteiger charge is -2.11. The van der Waals surface area contributed by atoms with E-state index in [1.165, 1.54) is 5.56 Å². The summed E-state index contributed by atoms with van der Waals surface area (Å²) >= 11 is 12.2. The molecule has 3 rings (SSSR count). The number of nitrogens with zero attached hydrogens (tertiary/aromatic N) is 1. The van der Waals surface area contributed by atoms with Gasteiger partial charge < -0.3 is 5.11 Å². The lowest BCUT2D eigenvalue weighted by Crippen LogP contribution is -1.99. The van der Waals surface area contributed by atoms with Crippen LogP contribution >= 0.6 is 23.2 Å². The molecule has 4 heteroatoms. The van der Waals surface area contributed by atoms with Crippen molar-refractivity contribution in [2.45, 2.75) is 25.9 Å². The molecular weight excluding hydrogens is 257 g/mol. The standard InChI is InChI=1S/C13H11Cl2NO/c14-10-5-4-8-9(6-17)7-2-1-3-11(7)16-13(8)12(10)15/h4-5,17H,1-3,6H2. The highest BCUT2D eigenvalue weighted by Gasteiger charge is 2.20. The highest BCUT2D eigenvalue weighted by molar-refractivity contribution is 6.45. The molecule has 0 aliphatic heterocycles. The first kappa shape index (κ1) is 11.3. The maximum absolute atomic E-state index is 9.56. The Balaban J connectivity index is 2.44. The summed E-state index contributed by atoms with van der Waals surface area (Å²) in [7, 11) is 0. The van der Waals surface area contributed by atoms with Crippen molar-refractivity contribution < 1.29 is 5.11 Å². The van der Waals surface area contributed by atoms with Crippen LogP contribution in [0.2, 0.25) is 10.0 Å². The van der Waals surface area contributed by atoms with E-state index in [9.17, 15) is 5.11 Å². The Morgan fingerprint density at radius 1 is 1.24 bits per heavy atom. The van der Waals surface area contributed by atoms with Crippen LogP contribution in [0.3, 0.4) is 0 Å². The topological polar surface area (TPSA) is 33.1 Å². The average Bonchev–Trinajstić information content (AvgIpc) is 2.79. The van der Waals surface area contributed by atoms with Gasteiger partial charge in [-0.1, -0.05) is 29.3 Å². The molecule has 0 radical (unpaired) electrons. The Morgan fingerprint density at radius 2 is 2.06 bits per heavy atom. The van der Waals surface area contributed by atoms with E-state index in [-0.39, 0.29) is 6.61 Å². The van der Waals surface area contributed by atoms with E-state index in [2.05, 4.69) is 4.98 Å². The number of aliphatic hydroxyl groups is 1. The SMILES string of the molecule is OCc1c2c(nc3c(Cl)c(Cl)ccc13)CCC2. The van der Waals surface area contributed by atoms with E-state index < -0.39 is 0 Å². The van der Waals surface area contributed by atoms with E-state index in [4.69, 9.17) is 23.2 Å². The first-order chi connectivity index (χ1) is 8.22. The largest absolute Gasteiger partial charge is 0.392 e. The molecule has 17 heavy (non-hydrogen) atoms. The molecule has 0 spiro atoms. The Bertz CT molecular complexity index is 610. The minimum absolute atomic E-state index is 0.0271. The number of hydrogen-bond acceptors (Lipinski definition) is 2. The summed E-state index contributed by atoms with van der Waals surface area (Å²) in [5.41, 5.74) is 3.93. The smallest absolute Gasteiger partial charge is 0.0910 e. The lowest BCUT2D eigenvalue weighted by atomic mass is 10.0. The highest BCUT2D eigenvalue weighted by Crippen LogP contribution is 2.35. The molecule has 88 valence electrons. The zero-order valence-corrected chi connectivity index (χ0v) is 10.6. The van der Waals surface area contributed by atoms with Crippen LogP contribution in [0.25, 0.3) is 10.9 Å². The van der Waals surface area contributed by atoms with Crippen molar-refractivity contribution in [2.24, 2.45) is 0 Å². The molecule has 0 saturated heterocycles. The van der Waals surface area contributed by atoms with Crippen LogP contribution in [-0.4, -0.2) is 10.1 Å². The van der Waals surface area contributed by atoms with Crippen molar-refractivity contribution in [3.63, 3.8) is 0 Å². The van der Waals surface area contributed by atoms with E-state index in [0.717, 1.165) is 35.9 Å². The first-order valence-corrected chi connectivity index (χ1v) is 6.37. The first-order valence-electron chi connectivity index (χ1n) is 5.61. The Hall–Kier alpha value is -0.830. The fourth-order valence-corrected chi connectivity index (χ4v) is 2.91. The summed E-state index contributed by atoms with van der Waals surface area (Å²) in [4.78, 5) is 4.60. The molecule has 0 saturated carbocycles. The number of aliphatic hydroxyl groups excluding tert-OH is 1. The number of aryl methyl sites for hydroxylation is 1. The minimum atomic E-state index is 0.0271. The fraction of sp³-hybridized carbons (Fsp3) is 0.308. The average molecular weight is 268 g/mol. The maximum atomic E-state index is 9.56. The summed E-state index contributed by atoms with van der Waals surface area (Å²) in [5, 5.41) is 11.5. The number of halogens is 2. The van der Waals surface area contributed by atoms with Gasteiger partial charge in [-0.2, -0.15) is 0 Å². The molecule has 1 heterocycles. The van der Waals surface area contributed by atoms with Gasteiger partial charge in [-0.05, 0) is 36.5 Å². The molecule has 0 atom stereocenters. The Labute approximate surface area is 109 Å². The van der Waals surface area contributed by atoms with Crippen LogP contribution in [0.5, 0.6) is 0 Å². The summed E-state index contributed by atoms with van der Waals surface area (Å²) in [6.07, 6.45) is 3.05. The molecule has 1 aromatic heterocycles. The quantitative estimate of drug-likeness (QED) is 0.858. The van der Waals surface area contributed by atoms with Gasteiger partial charge in [0, 0.05) is 11.1 Å². The van der Waals surface area contributed by atoms with Crippen LogP contribution in [0.4, 0.5) is 0 Å². The molecule has 0 unspecified atom stereocenters. The molecule has 1 aromatic carbocycles. The second-order valence-electron chi connectivity index (χ2n) is 4.28. The van der Waals surface area contributed by atoms with Crippen molar-refractivity contribution in [2.75, 3.05) is 0 Å². The van der Waals surface area contributed by atoms with Crippen molar-refractivity contribution in [1.82, 2.24) is 4.98 Å². The van der Waals surface area contributed by atoms with Gasteiger partial charge in [0.15, 0.2) is 0 Å². The molecule has 1 N–H and O–H groups in total. The molecule has 2 nitrogen and oxygen atoms in total. The van der Waals surface area contributed by atoms with Crippen LogP contribution < -0.4 is 0 Å². The minimum Gasteiger partial charge on any atom is -0.392 e. The van der Waals surface area contributed by atoms with Gasteiger partial charge in [-0.3, -0.25) is 4.98 Å². The number of aromatic nitrogens is 1. The van der Waals surface area contributed by atoms with Gasteiger partial charge in [0.25, 0.3) is 0 Å². The summed E-state index contributed by atoms with van der Waals surface area (Å²) < 4.78 is 0. The monoisotopic (exact) mass is 267 g/mol. The van der Waals surface area contributed by atoms with E-state index in [1.54, 1.807) is 6.07 Å². The molecule has 0 amide bonds. The third-order valence-corrected chi connectivity index (χ3v) is 4.15. The van der Waals surface area contributed by atoms with E-state index in [0.29, 0.717) is 15.6 Å². The molecular formula is C13H11Cl2NO. The summed E-state index contributed by atoms with van der Waals surface area (Å²) in [5.74, 6) is 0. The molecule has 1 aliphatic rings. The lowest BCUT2D eigenvalue weighted by molar-refractivity contribution is 0.282. The van der Waals surface area contributed by atoms with Gasteiger partial charge >= 0.3 is 0 Å². The second kappa shape index (κ2) is 4.13. The van der Waals surface area contributed by atoms with Crippen molar-refractivity contribution >= 4 is 34.1 Å². The van der Waals surface area contributed by atoms with Gasteiger partial charge in [-0.15, -0.1) is 0 Å². The number of pyridine rings is 1. The molecule has 0 fully saturated rings. The van der Waals surface area contributed by atoms with Gasteiger partial charge in [0.2, 0.25) is 0 Å². The number of benzene rings is 1. The predicted molar refractivity (Wildman–Crippen MR) is 69.7 cm³/mol. The number of hydrogen-bond donors (Lipinski definition) is 1. The summed E-state index contributed by atoms with van der Waals surface area (Å²) in [6, 6.07) is 3.65. The Kier molecular flexibility index (Phi) is 2.74. The third kappa shape index (κ3) is 1.63. The summed E-state index contributed by atoms with van der Waals surface area (Å²) in [6.45, 7) is 0.0271. The van der Waals surface area contributed by atoms with E-state index >= 15 is 0 Å². The van der Waals surface area contributed by atoms with Crippen LogP contribution in [0, 0.1) is 0 Å². The van der Waals surface area contributed by atoms with Gasteiger partial charge in [-0.25, -0.2) is 0 Å². The molecule has 0 bridgehead atoms. The maximum Gasteiger partial charge on any atom is 0.0910 e. The fourth-order valence-electron chi connectivity index (χ4n) is 2.55. The second-order valence-corrected chi connectivity index (χ2v) is 5.07. The zero-order chi connectivity index (χ0) is 12.0. The van der Waals surface area contributed by atoms with Gasteiger partial charge in [0.1, 0.15) is 0 Å². The van der Waals surface area contributed by atoms with Gasteiger partial charge in [0.05, 0.1) is 22.2 Å². The number of rotatable bonds is 1. The van der Waals surface area contributed by atoms with Crippen molar-refractivity contribution in [1.29, 1.82) is 0 Å². The molecule has 2 aromatic rings. The number of fused-ring (bicyclic) bond motifs is 2. The molecule has 1 aliphatic carbocycles. The normalized spacial score (nSPS) is 14.3.